The Kier molecular flexibility index (Phi) is 9.12. The number of nitrogens with zero attached hydrogens (tertiary/aromatic N) is 6. The van der Waals surface area contributed by atoms with Gasteiger partial charge in [-0.25, -0.2) is 0 Å². The maximum absolute atomic E-state index is 9.80. The number of para-hydroxylation sites is 8. The van der Waals surface area contributed by atoms with Gasteiger partial charge in [-0.05, 0) is 171 Å². The minimum Gasteiger partial charge on any atom is -0.309 e. The maximum Gasteiger partial charge on any atom is 0.252 e. The molecule has 4 aromatic heterocycles. The highest BCUT2D eigenvalue weighted by Crippen LogP contribution is 2.52. The molecule has 0 aliphatic carbocycles. The summed E-state index contributed by atoms with van der Waals surface area (Å²) >= 11 is 0. The lowest BCUT2D eigenvalue weighted by atomic mass is 9.33. The second kappa shape index (κ2) is 20.6. The van der Waals surface area contributed by atoms with E-state index in [1.165, 1.54) is 0 Å². The fourth-order valence-electron chi connectivity index (χ4n) is 15.6. The standard InChI is InChI=1S/C90H73BN6/c1-88(2,3)56-42-48-77-69(50-56)67-34-24-40-79(86(67)94(77)59-26-12-10-13-27-59)96-81-54-61(92-73-36-20-16-30-63(73)64-31-17-21-37-74(64)92)44-46-71(81)91-72-47-45-62(93-75-38-22-18-32-65(75)66-33-19-23-39-76(66)93)55-82(72)97(84-53-58(90(7,8)9)52-83(96)85(84)91)80-41-25-35-68-70-51-57(89(4,5)6)43-49-78(70)95(87(68)80)60-28-14-11-15-29-60/h10-55H,1-9H3/i16D,17D,18D,19D,20D,21D,22D,23D,30D,31D,32D,33D,36D,37D,38D,39D. The van der Waals surface area contributed by atoms with Gasteiger partial charge in [0.15, 0.2) is 0 Å². The van der Waals surface area contributed by atoms with Crippen LogP contribution in [0.1, 0.15) is 101 Å². The molecule has 7 heteroatoms. The van der Waals surface area contributed by atoms with Crippen molar-refractivity contribution >= 4 is 144 Å². The summed E-state index contributed by atoms with van der Waals surface area (Å²) in [7, 11) is 0. The van der Waals surface area contributed by atoms with Crippen LogP contribution in [0.15, 0.2) is 279 Å². The van der Waals surface area contributed by atoms with E-state index < -0.39 is 109 Å². The average molecular weight is 1270 g/mol. The number of anilines is 6. The van der Waals surface area contributed by atoms with Gasteiger partial charge in [-0.3, -0.25) is 0 Å². The second-order valence-electron chi connectivity index (χ2n) is 29.0. The van der Waals surface area contributed by atoms with Crippen LogP contribution in [0.5, 0.6) is 0 Å². The molecule has 0 saturated carbocycles. The number of hydrogen-bond donors (Lipinski definition) is 0. The van der Waals surface area contributed by atoms with Gasteiger partial charge in [0, 0.05) is 88.6 Å². The molecular formula is C90H73BN6. The number of rotatable bonds is 6. The summed E-state index contributed by atoms with van der Waals surface area (Å²) in [6.45, 7) is 19.0. The Bertz CT molecular complexity index is 6590. The van der Waals surface area contributed by atoms with Crippen LogP contribution in [0.4, 0.5) is 34.1 Å². The zero-order chi connectivity index (χ0) is 79.5. The Labute approximate surface area is 588 Å². The molecule has 0 saturated heterocycles. The third-order valence-corrected chi connectivity index (χ3v) is 20.3. The van der Waals surface area contributed by atoms with Crippen LogP contribution in [0, 0.1) is 0 Å². The van der Waals surface area contributed by atoms with E-state index in [9.17, 15) is 16.4 Å². The molecular weight excluding hydrogens is 1180 g/mol. The first-order valence-electron chi connectivity index (χ1n) is 41.1. The molecule has 13 aromatic carbocycles. The molecule has 6 heterocycles. The Hall–Kier alpha value is -11.3. The van der Waals surface area contributed by atoms with Crippen LogP contribution in [0.2, 0.25) is 0 Å². The van der Waals surface area contributed by atoms with Crippen LogP contribution < -0.4 is 26.2 Å². The molecule has 17 aromatic rings. The molecule has 2 aliphatic heterocycles. The highest BCUT2D eigenvalue weighted by Gasteiger charge is 2.46. The average Bonchev–Trinajstić information content (AvgIpc) is 1.53. The first-order valence-corrected chi connectivity index (χ1v) is 33.1. The van der Waals surface area contributed by atoms with E-state index >= 15 is 0 Å². The zero-order valence-corrected chi connectivity index (χ0v) is 55.1. The van der Waals surface area contributed by atoms with Crippen molar-refractivity contribution in [2.24, 2.45) is 0 Å². The van der Waals surface area contributed by atoms with E-state index in [-0.39, 0.29) is 54.4 Å². The first-order chi connectivity index (χ1) is 53.7. The van der Waals surface area contributed by atoms with Crippen molar-refractivity contribution in [3.63, 3.8) is 0 Å². The Morgan fingerprint density at radius 3 is 1.01 bits per heavy atom. The molecule has 0 atom stereocenters. The normalized spacial score (nSPS) is 15.7. The fraction of sp³-hybridized carbons (Fsp3) is 0.133. The van der Waals surface area contributed by atoms with E-state index in [0.29, 0.717) is 22.7 Å². The number of hydrogen-bond acceptors (Lipinski definition) is 2. The highest BCUT2D eigenvalue weighted by atomic mass is 15.2. The van der Waals surface area contributed by atoms with E-state index in [0.717, 1.165) is 111 Å². The molecule has 466 valence electrons. The molecule has 0 bridgehead atoms. The van der Waals surface area contributed by atoms with Gasteiger partial charge in [-0.15, -0.1) is 0 Å². The molecule has 19 rings (SSSR count). The van der Waals surface area contributed by atoms with Gasteiger partial charge >= 0.3 is 0 Å². The summed E-state index contributed by atoms with van der Waals surface area (Å²) < 4.78 is 158. The number of fused-ring (bicyclic) bond motifs is 16. The maximum atomic E-state index is 9.80. The van der Waals surface area contributed by atoms with E-state index in [1.807, 2.05) is 72.8 Å². The van der Waals surface area contributed by atoms with Gasteiger partial charge in [0.05, 0.1) is 77.4 Å². The van der Waals surface area contributed by atoms with Gasteiger partial charge in [0.1, 0.15) is 0 Å². The Balaban J connectivity index is 1.02. The lowest BCUT2D eigenvalue weighted by Gasteiger charge is -2.45. The molecule has 0 spiro atoms. The smallest absolute Gasteiger partial charge is 0.252 e. The third-order valence-electron chi connectivity index (χ3n) is 20.3. The highest BCUT2D eigenvalue weighted by molar-refractivity contribution is 7.00. The Morgan fingerprint density at radius 2 is 0.639 bits per heavy atom. The zero-order valence-electron chi connectivity index (χ0n) is 71.1. The van der Waals surface area contributed by atoms with Crippen molar-refractivity contribution in [2.75, 3.05) is 9.80 Å². The Morgan fingerprint density at radius 1 is 0.268 bits per heavy atom. The predicted molar refractivity (Wildman–Crippen MR) is 414 cm³/mol. The van der Waals surface area contributed by atoms with Crippen LogP contribution >= 0.6 is 0 Å². The summed E-state index contributed by atoms with van der Waals surface area (Å²) in [6, 6.07) is 54.8. The second-order valence-corrected chi connectivity index (χ2v) is 29.0. The summed E-state index contributed by atoms with van der Waals surface area (Å²) in [4.78, 5) is 4.61. The van der Waals surface area contributed by atoms with Crippen molar-refractivity contribution < 1.29 is 21.9 Å². The summed E-state index contributed by atoms with van der Waals surface area (Å²) in [5, 5.41) is 3.69. The van der Waals surface area contributed by atoms with Crippen molar-refractivity contribution in [1.29, 1.82) is 0 Å². The van der Waals surface area contributed by atoms with Gasteiger partial charge < -0.3 is 28.1 Å². The molecule has 0 unspecified atom stereocenters. The van der Waals surface area contributed by atoms with Gasteiger partial charge in [0.2, 0.25) is 0 Å². The van der Waals surface area contributed by atoms with Crippen molar-refractivity contribution in [2.45, 2.75) is 78.6 Å². The van der Waals surface area contributed by atoms with Crippen LogP contribution in [0.25, 0.3) is 110 Å². The summed E-state index contributed by atoms with van der Waals surface area (Å²) in [6.07, 6.45) is 0. The van der Waals surface area contributed by atoms with Crippen LogP contribution in [-0.4, -0.2) is 25.0 Å². The SMILES string of the molecule is [2H]c1c([2H])c([2H])c2c(c1[2H])c1c([2H])c([2H])c([2H])c([2H])c1n2-c1ccc2c(c1)N(c1cccc3c4cc(C(C)(C)C)ccc4n(-c4ccccc4)c13)c1cc(C(C)(C)C)cc3c1B2c1ccc(-n2c4c([2H])c([2H])c([2H])c([2H])c4c4c([2H])c([2H])c([2H])c([2H])c42)cc1N3c1cccc2c3cc(C(C)(C)C)ccc3n(-c3ccccc3)c12. The lowest BCUT2D eigenvalue weighted by Crippen LogP contribution is -2.61. The first kappa shape index (κ1) is 42.9. The molecule has 0 amide bonds. The lowest BCUT2D eigenvalue weighted by molar-refractivity contribution is 0.590. The topological polar surface area (TPSA) is 26.2 Å². The molecule has 97 heavy (non-hydrogen) atoms. The molecule has 0 radical (unpaired) electrons. The van der Waals surface area contributed by atoms with Crippen molar-refractivity contribution in [3.05, 3.63) is 295 Å². The number of benzene rings is 13. The number of aromatic nitrogens is 4. The minimum absolute atomic E-state index is 0.0401. The van der Waals surface area contributed by atoms with Crippen LogP contribution in [0.3, 0.4) is 0 Å². The molecule has 6 nitrogen and oxygen atoms in total. The van der Waals surface area contributed by atoms with Gasteiger partial charge in [0.25, 0.3) is 6.71 Å². The molecule has 2 aliphatic rings. The molecule has 0 fully saturated rings. The van der Waals surface area contributed by atoms with Crippen LogP contribution in [-0.2, 0) is 16.2 Å². The van der Waals surface area contributed by atoms with Crippen molar-refractivity contribution in [1.82, 2.24) is 18.3 Å². The summed E-state index contributed by atoms with van der Waals surface area (Å²) in [5.41, 5.74) is 14.7. The fourth-order valence-corrected chi connectivity index (χ4v) is 15.6. The third kappa shape index (κ3) is 8.40. The van der Waals surface area contributed by atoms with E-state index in [1.54, 1.807) is 9.13 Å². The molecule has 0 N–H and O–H groups in total. The summed E-state index contributed by atoms with van der Waals surface area (Å²) in [5.74, 6) is 0. The minimum atomic E-state index is -0.725. The predicted octanol–water partition coefficient (Wildman–Crippen LogP) is 22.1. The largest absolute Gasteiger partial charge is 0.309 e. The monoisotopic (exact) mass is 1260 g/mol. The van der Waals surface area contributed by atoms with E-state index in [2.05, 4.69) is 190 Å². The quantitative estimate of drug-likeness (QED) is 0.155. The van der Waals surface area contributed by atoms with Gasteiger partial charge in [-0.1, -0.05) is 220 Å². The van der Waals surface area contributed by atoms with Gasteiger partial charge in [-0.2, -0.15) is 0 Å². The van der Waals surface area contributed by atoms with E-state index in [4.69, 9.17) is 5.48 Å². The van der Waals surface area contributed by atoms with Crippen molar-refractivity contribution in [3.8, 4) is 22.7 Å².